The second-order valence-electron chi connectivity index (χ2n) is 4.77. The molecule has 0 spiro atoms. The highest BCUT2D eigenvalue weighted by atomic mass is 32.2. The van der Waals surface area contributed by atoms with Crippen LogP contribution >= 0.6 is 36.1 Å². The fraction of sp³-hybridized carbons (Fsp3) is 0.615. The third kappa shape index (κ3) is 5.47. The summed E-state index contributed by atoms with van der Waals surface area (Å²) in [4.78, 5) is 21.1. The van der Waals surface area contributed by atoms with E-state index in [1.54, 1.807) is 42.9 Å². The standard InChI is InChI=1S/C13H21N5O2S3/c1-5-7-22-18(23-8-6-2)13(21)10-11(17(19)20)12(16(3)4)15-9-14-10/h9H,5-8H2,1-4H3. The highest BCUT2D eigenvalue weighted by Gasteiger charge is 2.29. The Hall–Kier alpha value is -1.13. The van der Waals surface area contributed by atoms with Crippen molar-refractivity contribution in [2.45, 2.75) is 26.7 Å². The van der Waals surface area contributed by atoms with Crippen molar-refractivity contribution >= 4 is 52.6 Å². The average Bonchev–Trinajstić information content (AvgIpc) is 2.53. The summed E-state index contributed by atoms with van der Waals surface area (Å²) < 4.78 is 1.86. The highest BCUT2D eigenvalue weighted by molar-refractivity contribution is 8.13. The zero-order valence-electron chi connectivity index (χ0n) is 13.7. The van der Waals surface area contributed by atoms with Crippen molar-refractivity contribution in [3.63, 3.8) is 0 Å². The Balaban J connectivity index is 3.22. The Morgan fingerprint density at radius 1 is 1.26 bits per heavy atom. The molecule has 0 bridgehead atoms. The van der Waals surface area contributed by atoms with Crippen LogP contribution in [0.3, 0.4) is 0 Å². The van der Waals surface area contributed by atoms with Crippen LogP contribution in [0, 0.1) is 10.1 Å². The fourth-order valence-electron chi connectivity index (χ4n) is 1.61. The first-order valence-corrected chi connectivity index (χ1v) is 9.50. The van der Waals surface area contributed by atoms with Crippen LogP contribution in [0.25, 0.3) is 0 Å². The quantitative estimate of drug-likeness (QED) is 0.279. The monoisotopic (exact) mass is 375 g/mol. The third-order valence-corrected chi connectivity index (χ3v) is 5.86. The largest absolute Gasteiger partial charge is 0.357 e. The predicted octanol–water partition coefficient (Wildman–Crippen LogP) is 3.54. The topological polar surface area (TPSA) is 75.4 Å². The fourth-order valence-corrected chi connectivity index (χ4v) is 3.93. The van der Waals surface area contributed by atoms with Crippen LogP contribution in [-0.4, -0.2) is 49.2 Å². The summed E-state index contributed by atoms with van der Waals surface area (Å²) >= 11 is 8.61. The number of anilines is 1. The van der Waals surface area contributed by atoms with Gasteiger partial charge in [-0.3, -0.25) is 10.1 Å². The molecule has 1 aromatic heterocycles. The number of nitro groups is 1. The Morgan fingerprint density at radius 3 is 2.26 bits per heavy atom. The Morgan fingerprint density at radius 2 is 1.83 bits per heavy atom. The molecule has 0 amide bonds. The second-order valence-corrected chi connectivity index (χ2v) is 7.46. The summed E-state index contributed by atoms with van der Waals surface area (Å²) in [5.41, 5.74) is 0.0394. The van der Waals surface area contributed by atoms with Gasteiger partial charge in [0, 0.05) is 25.6 Å². The summed E-state index contributed by atoms with van der Waals surface area (Å²) in [7, 11) is 3.41. The zero-order valence-corrected chi connectivity index (χ0v) is 16.1. The Bertz CT molecular complexity index is 548. The first-order chi connectivity index (χ1) is 10.9. The number of hydrogen-bond donors (Lipinski definition) is 0. The lowest BCUT2D eigenvalue weighted by molar-refractivity contribution is -0.384. The van der Waals surface area contributed by atoms with Crippen molar-refractivity contribution in [1.29, 1.82) is 0 Å². The highest BCUT2D eigenvalue weighted by Crippen LogP contribution is 2.32. The van der Waals surface area contributed by atoms with E-state index in [2.05, 4.69) is 23.8 Å². The summed E-state index contributed by atoms with van der Waals surface area (Å²) in [6.07, 6.45) is 3.30. The first-order valence-electron chi connectivity index (χ1n) is 7.20. The van der Waals surface area contributed by atoms with Crippen LogP contribution < -0.4 is 4.90 Å². The minimum atomic E-state index is -0.468. The molecule has 0 aromatic carbocycles. The lowest BCUT2D eigenvalue weighted by atomic mass is 10.3. The van der Waals surface area contributed by atoms with Crippen molar-refractivity contribution in [3.8, 4) is 0 Å². The number of nitrogens with zero attached hydrogens (tertiary/aromatic N) is 5. The van der Waals surface area contributed by atoms with E-state index in [0.717, 1.165) is 24.3 Å². The van der Waals surface area contributed by atoms with Gasteiger partial charge in [-0.2, -0.15) is 0 Å². The Kier molecular flexibility index (Phi) is 8.56. The molecule has 0 atom stereocenters. The van der Waals surface area contributed by atoms with E-state index in [1.807, 2.05) is 3.71 Å². The molecule has 0 saturated heterocycles. The van der Waals surface area contributed by atoms with Crippen LogP contribution in [0.1, 0.15) is 32.4 Å². The van der Waals surface area contributed by atoms with Crippen LogP contribution in [0.5, 0.6) is 0 Å². The van der Waals surface area contributed by atoms with Crippen molar-refractivity contribution < 1.29 is 4.92 Å². The van der Waals surface area contributed by atoms with Gasteiger partial charge >= 0.3 is 5.69 Å². The van der Waals surface area contributed by atoms with E-state index in [-0.39, 0.29) is 17.2 Å². The van der Waals surface area contributed by atoms with Crippen molar-refractivity contribution in [2.24, 2.45) is 0 Å². The van der Waals surface area contributed by atoms with Gasteiger partial charge in [-0.05, 0) is 36.7 Å². The van der Waals surface area contributed by atoms with Gasteiger partial charge in [0.15, 0.2) is 10.7 Å². The van der Waals surface area contributed by atoms with E-state index < -0.39 is 4.92 Å². The molecule has 0 fully saturated rings. The van der Waals surface area contributed by atoms with Gasteiger partial charge in [0.05, 0.1) is 4.92 Å². The van der Waals surface area contributed by atoms with Crippen LogP contribution in [0.2, 0.25) is 0 Å². The molecule has 10 heteroatoms. The molecule has 0 aliphatic heterocycles. The molecule has 0 radical (unpaired) electrons. The van der Waals surface area contributed by atoms with Crippen LogP contribution in [0.4, 0.5) is 11.5 Å². The molecule has 0 N–H and O–H groups in total. The molecule has 128 valence electrons. The first kappa shape index (κ1) is 19.9. The van der Waals surface area contributed by atoms with Gasteiger partial charge < -0.3 is 4.90 Å². The van der Waals surface area contributed by atoms with Crippen molar-refractivity contribution in [2.75, 3.05) is 30.5 Å². The van der Waals surface area contributed by atoms with Gasteiger partial charge in [-0.15, -0.1) is 0 Å². The van der Waals surface area contributed by atoms with Gasteiger partial charge in [0.1, 0.15) is 6.33 Å². The number of rotatable bonds is 9. The molecular formula is C13H21N5O2S3. The number of aromatic nitrogens is 2. The number of hydrogen-bond acceptors (Lipinski definition) is 8. The Labute approximate surface area is 150 Å². The normalized spacial score (nSPS) is 10.4. The molecule has 1 aromatic rings. The summed E-state index contributed by atoms with van der Waals surface area (Å²) in [6, 6.07) is 0. The smallest absolute Gasteiger partial charge is 0.340 e. The van der Waals surface area contributed by atoms with Gasteiger partial charge in [-0.25, -0.2) is 13.7 Å². The zero-order chi connectivity index (χ0) is 17.4. The van der Waals surface area contributed by atoms with E-state index >= 15 is 0 Å². The SMILES string of the molecule is CCCSN(SCCC)C(=S)c1ncnc(N(C)C)c1[N+](=O)[O-]. The lowest BCUT2D eigenvalue weighted by Crippen LogP contribution is -2.22. The molecule has 0 aliphatic carbocycles. The summed E-state index contributed by atoms with van der Waals surface area (Å²) in [6.45, 7) is 4.16. The van der Waals surface area contributed by atoms with Gasteiger partial charge in [-0.1, -0.05) is 26.1 Å². The third-order valence-electron chi connectivity index (χ3n) is 2.60. The van der Waals surface area contributed by atoms with Gasteiger partial charge in [0.2, 0.25) is 5.82 Å². The van der Waals surface area contributed by atoms with E-state index in [1.165, 1.54) is 6.33 Å². The number of thiocarbonyl (C=S) groups is 1. The molecule has 0 unspecified atom stereocenters. The molecule has 7 nitrogen and oxygen atoms in total. The van der Waals surface area contributed by atoms with Crippen LogP contribution in [0.15, 0.2) is 6.33 Å². The van der Waals surface area contributed by atoms with Crippen LogP contribution in [-0.2, 0) is 0 Å². The maximum absolute atomic E-state index is 11.5. The average molecular weight is 376 g/mol. The molecular weight excluding hydrogens is 354 g/mol. The molecule has 1 rings (SSSR count). The van der Waals surface area contributed by atoms with Gasteiger partial charge in [0.25, 0.3) is 0 Å². The van der Waals surface area contributed by atoms with E-state index in [0.29, 0.717) is 4.99 Å². The molecule has 23 heavy (non-hydrogen) atoms. The molecule has 1 heterocycles. The summed E-state index contributed by atoms with van der Waals surface area (Å²) in [5.74, 6) is 2.02. The maximum Gasteiger partial charge on any atom is 0.340 e. The molecule has 0 saturated carbocycles. The molecule has 0 aliphatic rings. The minimum Gasteiger partial charge on any atom is -0.357 e. The van der Waals surface area contributed by atoms with E-state index in [4.69, 9.17) is 12.2 Å². The second kappa shape index (κ2) is 9.89. The minimum absolute atomic E-state index is 0.151. The van der Waals surface area contributed by atoms with Crippen molar-refractivity contribution in [1.82, 2.24) is 13.7 Å². The lowest BCUT2D eigenvalue weighted by Gasteiger charge is -2.22. The predicted molar refractivity (Wildman–Crippen MR) is 102 cm³/mol. The maximum atomic E-state index is 11.5. The summed E-state index contributed by atoms with van der Waals surface area (Å²) in [5, 5.41) is 11.5. The van der Waals surface area contributed by atoms with E-state index in [9.17, 15) is 10.1 Å². The van der Waals surface area contributed by atoms with Crippen molar-refractivity contribution in [3.05, 3.63) is 22.1 Å².